The van der Waals surface area contributed by atoms with E-state index in [-0.39, 0.29) is 12.3 Å². The third-order valence-electron chi connectivity index (χ3n) is 5.42. The number of nitrogens with one attached hydrogen (secondary N) is 1. The van der Waals surface area contributed by atoms with Gasteiger partial charge in [0.2, 0.25) is 5.91 Å². The minimum absolute atomic E-state index is 0.133. The van der Waals surface area contributed by atoms with E-state index >= 15 is 0 Å². The summed E-state index contributed by atoms with van der Waals surface area (Å²) in [7, 11) is 0. The molecule has 5 nitrogen and oxygen atoms in total. The summed E-state index contributed by atoms with van der Waals surface area (Å²) in [5.41, 5.74) is 8.11. The first-order chi connectivity index (χ1) is 16.1. The molecule has 0 bridgehead atoms. The number of hydrogen-bond donors (Lipinski definition) is 2. The highest BCUT2D eigenvalue weighted by Gasteiger charge is 2.37. The number of carbonyl (C=O) groups excluding carboxylic acids is 2. The van der Waals surface area contributed by atoms with E-state index in [2.05, 4.69) is 5.32 Å². The largest absolute Gasteiger partial charge is 0.463 e. The molecule has 5 heteroatoms. The molecule has 0 saturated heterocycles. The van der Waals surface area contributed by atoms with Crippen LogP contribution < -0.4 is 11.1 Å². The Kier molecular flexibility index (Phi) is 8.56. The third kappa shape index (κ3) is 6.18. The first-order valence-corrected chi connectivity index (χ1v) is 11.1. The molecule has 3 aromatic carbocycles. The van der Waals surface area contributed by atoms with Gasteiger partial charge >= 0.3 is 5.97 Å². The second-order valence-corrected chi connectivity index (χ2v) is 7.71. The van der Waals surface area contributed by atoms with Gasteiger partial charge in [-0.3, -0.25) is 4.79 Å². The molecule has 1 atom stereocenters. The number of hydrogen-bond acceptors (Lipinski definition) is 4. The Morgan fingerprint density at radius 1 is 0.879 bits per heavy atom. The van der Waals surface area contributed by atoms with Crippen LogP contribution in [0.3, 0.4) is 0 Å². The van der Waals surface area contributed by atoms with Crippen LogP contribution in [0.15, 0.2) is 103 Å². The SMILES string of the molecule is CCOC(=O)/C=C/[C@@H](N)CCC(=O)NC(c1ccccc1)(c1ccccc1)c1ccccc1. The summed E-state index contributed by atoms with van der Waals surface area (Å²) in [5.74, 6) is -0.569. The van der Waals surface area contributed by atoms with Crippen molar-refractivity contribution in [1.82, 2.24) is 5.32 Å². The molecule has 0 aliphatic heterocycles. The lowest BCUT2D eigenvalue weighted by atomic mass is 9.77. The van der Waals surface area contributed by atoms with Crippen molar-refractivity contribution in [2.75, 3.05) is 6.61 Å². The topological polar surface area (TPSA) is 81.4 Å². The number of ether oxygens (including phenoxy) is 1. The number of benzene rings is 3. The van der Waals surface area contributed by atoms with E-state index in [1.165, 1.54) is 6.08 Å². The first kappa shape index (κ1) is 24.0. The van der Waals surface area contributed by atoms with Gasteiger partial charge < -0.3 is 15.8 Å². The van der Waals surface area contributed by atoms with Crippen LogP contribution in [0.5, 0.6) is 0 Å². The van der Waals surface area contributed by atoms with Gasteiger partial charge in [-0.25, -0.2) is 4.79 Å². The molecular weight excluding hydrogens is 412 g/mol. The van der Waals surface area contributed by atoms with E-state index in [1.807, 2.05) is 91.0 Å². The van der Waals surface area contributed by atoms with Crippen molar-refractivity contribution in [1.29, 1.82) is 0 Å². The van der Waals surface area contributed by atoms with Crippen molar-refractivity contribution < 1.29 is 14.3 Å². The number of carbonyl (C=O) groups is 2. The predicted octanol–water partition coefficient (Wildman–Crippen LogP) is 4.32. The molecule has 0 heterocycles. The van der Waals surface area contributed by atoms with Gasteiger partial charge in [-0.05, 0) is 30.0 Å². The van der Waals surface area contributed by atoms with E-state index in [1.54, 1.807) is 13.0 Å². The van der Waals surface area contributed by atoms with Crippen molar-refractivity contribution in [3.8, 4) is 0 Å². The van der Waals surface area contributed by atoms with Gasteiger partial charge in [-0.15, -0.1) is 0 Å². The maximum absolute atomic E-state index is 13.2. The van der Waals surface area contributed by atoms with Gasteiger partial charge in [0, 0.05) is 18.5 Å². The summed E-state index contributed by atoms with van der Waals surface area (Å²) in [6.07, 6.45) is 3.50. The fourth-order valence-electron chi connectivity index (χ4n) is 3.84. The number of amides is 1. The Balaban J connectivity index is 1.89. The zero-order valence-corrected chi connectivity index (χ0v) is 18.8. The lowest BCUT2D eigenvalue weighted by Gasteiger charge is -2.37. The Bertz CT molecular complexity index is 954. The Morgan fingerprint density at radius 3 is 1.76 bits per heavy atom. The molecule has 0 spiro atoms. The summed E-state index contributed by atoms with van der Waals surface area (Å²) in [4.78, 5) is 24.7. The average molecular weight is 443 g/mol. The standard InChI is InChI=1S/C28H30N2O3/c1-2-33-27(32)21-19-25(29)18-20-26(31)30-28(22-12-6-3-7-13-22,23-14-8-4-9-15-23)24-16-10-5-11-17-24/h3-17,19,21,25H,2,18,20,29H2,1H3,(H,30,31)/b21-19+/t25-/m0/s1. The van der Waals surface area contributed by atoms with Gasteiger partial charge in [-0.1, -0.05) is 97.1 Å². The fourth-order valence-corrected chi connectivity index (χ4v) is 3.84. The molecule has 0 aromatic heterocycles. The molecule has 3 N–H and O–H groups in total. The Morgan fingerprint density at radius 2 is 1.33 bits per heavy atom. The Labute approximate surface area is 195 Å². The molecule has 0 unspecified atom stereocenters. The van der Waals surface area contributed by atoms with Crippen molar-refractivity contribution in [2.24, 2.45) is 5.73 Å². The third-order valence-corrected chi connectivity index (χ3v) is 5.42. The van der Waals surface area contributed by atoms with Crippen LogP contribution in [-0.2, 0) is 19.9 Å². The van der Waals surface area contributed by atoms with E-state index in [4.69, 9.17) is 10.5 Å². The second-order valence-electron chi connectivity index (χ2n) is 7.71. The molecule has 1 amide bonds. The monoisotopic (exact) mass is 442 g/mol. The fraction of sp³-hybridized carbons (Fsp3) is 0.214. The lowest BCUT2D eigenvalue weighted by molar-refractivity contribution is -0.137. The minimum Gasteiger partial charge on any atom is -0.463 e. The summed E-state index contributed by atoms with van der Waals surface area (Å²) < 4.78 is 4.87. The summed E-state index contributed by atoms with van der Waals surface area (Å²) >= 11 is 0. The van der Waals surface area contributed by atoms with Gasteiger partial charge in [0.25, 0.3) is 0 Å². The van der Waals surface area contributed by atoms with Crippen LogP contribution >= 0.6 is 0 Å². The molecule has 3 rings (SSSR count). The number of rotatable bonds is 10. The first-order valence-electron chi connectivity index (χ1n) is 11.1. The smallest absolute Gasteiger partial charge is 0.330 e. The van der Waals surface area contributed by atoms with E-state index in [0.29, 0.717) is 13.0 Å². The summed E-state index contributed by atoms with van der Waals surface area (Å²) in [6.45, 7) is 2.05. The average Bonchev–Trinajstić information content (AvgIpc) is 2.86. The zero-order valence-electron chi connectivity index (χ0n) is 18.8. The molecule has 0 saturated carbocycles. The van der Waals surface area contributed by atoms with Crippen molar-refractivity contribution in [3.05, 3.63) is 120 Å². The van der Waals surface area contributed by atoms with E-state index in [0.717, 1.165) is 16.7 Å². The van der Waals surface area contributed by atoms with Crippen LogP contribution in [-0.4, -0.2) is 24.5 Å². The molecule has 33 heavy (non-hydrogen) atoms. The summed E-state index contributed by atoms with van der Waals surface area (Å²) in [6, 6.07) is 29.4. The molecule has 0 radical (unpaired) electrons. The molecular formula is C28H30N2O3. The maximum atomic E-state index is 13.2. The molecule has 0 aliphatic rings. The van der Waals surface area contributed by atoms with Crippen LogP contribution in [0.2, 0.25) is 0 Å². The van der Waals surface area contributed by atoms with Gasteiger partial charge in [-0.2, -0.15) is 0 Å². The lowest BCUT2D eigenvalue weighted by Crippen LogP contribution is -2.48. The van der Waals surface area contributed by atoms with Gasteiger partial charge in [0.15, 0.2) is 0 Å². The van der Waals surface area contributed by atoms with Gasteiger partial charge in [0.05, 0.1) is 6.61 Å². The molecule has 0 aliphatic carbocycles. The van der Waals surface area contributed by atoms with Crippen molar-refractivity contribution in [3.63, 3.8) is 0 Å². The predicted molar refractivity (Wildman–Crippen MR) is 130 cm³/mol. The van der Waals surface area contributed by atoms with Crippen molar-refractivity contribution in [2.45, 2.75) is 31.3 Å². The summed E-state index contributed by atoms with van der Waals surface area (Å²) in [5, 5.41) is 3.31. The normalized spacial score (nSPS) is 12.3. The number of nitrogens with two attached hydrogens (primary N) is 1. The quantitative estimate of drug-likeness (QED) is 0.278. The van der Waals surface area contributed by atoms with E-state index < -0.39 is 17.6 Å². The van der Waals surface area contributed by atoms with Crippen LogP contribution in [0.4, 0.5) is 0 Å². The maximum Gasteiger partial charge on any atom is 0.330 e. The number of esters is 1. The molecule has 3 aromatic rings. The molecule has 0 fully saturated rings. The van der Waals surface area contributed by atoms with Crippen LogP contribution in [0.25, 0.3) is 0 Å². The highest BCUT2D eigenvalue weighted by atomic mass is 16.5. The minimum atomic E-state index is -0.855. The van der Waals surface area contributed by atoms with Crippen LogP contribution in [0, 0.1) is 0 Å². The van der Waals surface area contributed by atoms with Crippen LogP contribution in [0.1, 0.15) is 36.5 Å². The highest BCUT2D eigenvalue weighted by molar-refractivity contribution is 5.82. The highest BCUT2D eigenvalue weighted by Crippen LogP contribution is 2.36. The van der Waals surface area contributed by atoms with E-state index in [9.17, 15) is 9.59 Å². The zero-order chi connectivity index (χ0) is 23.5. The Hall–Kier alpha value is -3.70. The molecule has 170 valence electrons. The van der Waals surface area contributed by atoms with Crippen molar-refractivity contribution >= 4 is 11.9 Å². The second kappa shape index (κ2) is 11.8. The van der Waals surface area contributed by atoms with Gasteiger partial charge in [0.1, 0.15) is 5.54 Å².